The predicted molar refractivity (Wildman–Crippen MR) is 104 cm³/mol. The zero-order valence-corrected chi connectivity index (χ0v) is 15.9. The number of anilines is 1. The Hall–Kier alpha value is -3.32. The Balaban J connectivity index is 1.95. The molecule has 1 fully saturated rings. The van der Waals surface area contributed by atoms with Crippen LogP contribution in [0.4, 0.5) is 10.5 Å². The topological polar surface area (TPSA) is 95.9 Å². The molecule has 0 bridgehead atoms. The molecule has 144 valence electrons. The van der Waals surface area contributed by atoms with E-state index in [0.29, 0.717) is 16.3 Å². The molecule has 2 aromatic rings. The van der Waals surface area contributed by atoms with Gasteiger partial charge in [0, 0.05) is 0 Å². The van der Waals surface area contributed by atoms with Crippen molar-refractivity contribution in [2.24, 2.45) is 0 Å². The molecule has 0 unspecified atom stereocenters. The van der Waals surface area contributed by atoms with Gasteiger partial charge in [-0.05, 0) is 61.9 Å². The highest BCUT2D eigenvalue weighted by molar-refractivity contribution is 6.39. The summed E-state index contributed by atoms with van der Waals surface area (Å²) in [6, 6.07) is 9.46. The lowest BCUT2D eigenvalue weighted by molar-refractivity contribution is -0.122. The zero-order valence-electron chi connectivity index (χ0n) is 15.1. The summed E-state index contributed by atoms with van der Waals surface area (Å²) in [5, 5.41) is 11.9. The number of barbiturate groups is 1. The van der Waals surface area contributed by atoms with E-state index in [1.54, 1.807) is 18.2 Å². The van der Waals surface area contributed by atoms with Crippen LogP contribution in [0.25, 0.3) is 6.08 Å². The maximum Gasteiger partial charge on any atom is 0.335 e. The Morgan fingerprint density at radius 1 is 1.11 bits per heavy atom. The van der Waals surface area contributed by atoms with E-state index >= 15 is 0 Å². The number of phenols is 1. The van der Waals surface area contributed by atoms with Crippen LogP contribution in [0, 0.1) is 0 Å². The van der Waals surface area contributed by atoms with Gasteiger partial charge in [0.15, 0.2) is 0 Å². The SMILES string of the molecule is CC(C)Oc1ccc(/C=C2\C(=O)NC(=O)N(c3ccc(O)cc3)C2=O)cc1Cl. The summed E-state index contributed by atoms with van der Waals surface area (Å²) in [6.07, 6.45) is 1.29. The fourth-order valence-electron chi connectivity index (χ4n) is 2.62. The second-order valence-corrected chi connectivity index (χ2v) is 6.74. The summed E-state index contributed by atoms with van der Waals surface area (Å²) in [5.41, 5.74) is 0.498. The van der Waals surface area contributed by atoms with E-state index in [-0.39, 0.29) is 23.1 Å². The van der Waals surface area contributed by atoms with Crippen molar-refractivity contribution in [1.82, 2.24) is 5.32 Å². The van der Waals surface area contributed by atoms with Crippen molar-refractivity contribution in [2.75, 3.05) is 4.90 Å². The molecule has 4 amide bonds. The molecule has 2 aromatic carbocycles. The van der Waals surface area contributed by atoms with Crippen molar-refractivity contribution < 1.29 is 24.2 Å². The molecule has 0 saturated carbocycles. The average Bonchev–Trinajstić information content (AvgIpc) is 2.62. The molecule has 0 spiro atoms. The van der Waals surface area contributed by atoms with E-state index in [9.17, 15) is 19.5 Å². The molecule has 28 heavy (non-hydrogen) atoms. The number of rotatable bonds is 4. The molecule has 0 atom stereocenters. The van der Waals surface area contributed by atoms with Crippen LogP contribution in [0.1, 0.15) is 19.4 Å². The fraction of sp³-hybridized carbons (Fsp3) is 0.150. The summed E-state index contributed by atoms with van der Waals surface area (Å²) in [5.74, 6) is -1.11. The molecule has 8 heteroatoms. The molecular formula is C20H17ClN2O5. The Bertz CT molecular complexity index is 983. The van der Waals surface area contributed by atoms with E-state index in [0.717, 1.165) is 4.90 Å². The first kappa shape index (κ1) is 19.4. The number of ether oxygens (including phenoxy) is 1. The van der Waals surface area contributed by atoms with E-state index in [2.05, 4.69) is 5.32 Å². The number of hydrogen-bond acceptors (Lipinski definition) is 5. The normalized spacial score (nSPS) is 15.9. The number of urea groups is 1. The highest BCUT2D eigenvalue weighted by Crippen LogP contribution is 2.28. The van der Waals surface area contributed by atoms with Gasteiger partial charge in [-0.3, -0.25) is 14.9 Å². The number of phenolic OH excluding ortho intramolecular Hbond substituents is 1. The monoisotopic (exact) mass is 400 g/mol. The van der Waals surface area contributed by atoms with Crippen LogP contribution in [-0.2, 0) is 9.59 Å². The molecular weight excluding hydrogens is 384 g/mol. The summed E-state index contributed by atoms with van der Waals surface area (Å²) >= 11 is 6.20. The van der Waals surface area contributed by atoms with E-state index in [4.69, 9.17) is 16.3 Å². The van der Waals surface area contributed by atoms with Crippen LogP contribution in [0.2, 0.25) is 5.02 Å². The molecule has 1 aliphatic heterocycles. The number of hydrogen-bond donors (Lipinski definition) is 2. The van der Waals surface area contributed by atoms with Crippen molar-refractivity contribution in [2.45, 2.75) is 20.0 Å². The number of halogens is 1. The lowest BCUT2D eigenvalue weighted by atomic mass is 10.1. The third-order valence-corrected chi connectivity index (χ3v) is 4.13. The van der Waals surface area contributed by atoms with E-state index < -0.39 is 17.8 Å². The lowest BCUT2D eigenvalue weighted by Gasteiger charge is -2.26. The van der Waals surface area contributed by atoms with Crippen LogP contribution in [0.15, 0.2) is 48.0 Å². The Morgan fingerprint density at radius 2 is 1.79 bits per heavy atom. The van der Waals surface area contributed by atoms with Gasteiger partial charge in [-0.15, -0.1) is 0 Å². The second-order valence-electron chi connectivity index (χ2n) is 6.33. The smallest absolute Gasteiger partial charge is 0.335 e. The van der Waals surface area contributed by atoms with Gasteiger partial charge in [-0.2, -0.15) is 0 Å². The van der Waals surface area contributed by atoms with Gasteiger partial charge >= 0.3 is 6.03 Å². The van der Waals surface area contributed by atoms with Crippen molar-refractivity contribution in [3.05, 3.63) is 58.6 Å². The van der Waals surface area contributed by atoms with Gasteiger partial charge < -0.3 is 9.84 Å². The van der Waals surface area contributed by atoms with Crippen molar-refractivity contribution >= 4 is 41.2 Å². The summed E-state index contributed by atoms with van der Waals surface area (Å²) < 4.78 is 5.56. The van der Waals surface area contributed by atoms with E-state index in [1.165, 1.54) is 30.3 Å². The van der Waals surface area contributed by atoms with Gasteiger partial charge in [-0.1, -0.05) is 17.7 Å². The van der Waals surface area contributed by atoms with Gasteiger partial charge in [0.2, 0.25) is 0 Å². The predicted octanol–water partition coefficient (Wildman–Crippen LogP) is 3.50. The van der Waals surface area contributed by atoms with Gasteiger partial charge in [0.05, 0.1) is 16.8 Å². The highest BCUT2D eigenvalue weighted by Gasteiger charge is 2.36. The summed E-state index contributed by atoms with van der Waals surface area (Å²) in [4.78, 5) is 38.0. The van der Waals surface area contributed by atoms with Crippen LogP contribution >= 0.6 is 11.6 Å². The standard InChI is InChI=1S/C20H17ClN2O5/c1-11(2)28-17-8-3-12(10-16(17)21)9-15-18(25)22-20(27)23(19(15)26)13-4-6-14(24)7-5-13/h3-11,24H,1-2H3,(H,22,25,27)/b15-9+. The van der Waals surface area contributed by atoms with Gasteiger partial charge in [-0.25, -0.2) is 9.69 Å². The number of imide groups is 2. The number of carbonyl (C=O) groups is 3. The molecule has 2 N–H and O–H groups in total. The second kappa shape index (κ2) is 7.74. The molecule has 1 aliphatic rings. The third kappa shape index (κ3) is 3.99. The maximum absolute atomic E-state index is 12.8. The number of amides is 4. The first-order valence-electron chi connectivity index (χ1n) is 8.43. The van der Waals surface area contributed by atoms with Crippen LogP contribution in [0.5, 0.6) is 11.5 Å². The highest BCUT2D eigenvalue weighted by atomic mass is 35.5. The minimum Gasteiger partial charge on any atom is -0.508 e. The zero-order chi connectivity index (χ0) is 20.4. The van der Waals surface area contributed by atoms with Gasteiger partial charge in [0.25, 0.3) is 11.8 Å². The van der Waals surface area contributed by atoms with Gasteiger partial charge in [0.1, 0.15) is 17.1 Å². The maximum atomic E-state index is 12.8. The van der Waals surface area contributed by atoms with E-state index in [1.807, 2.05) is 13.8 Å². The van der Waals surface area contributed by atoms with Crippen LogP contribution in [-0.4, -0.2) is 29.1 Å². The van der Waals surface area contributed by atoms with Crippen LogP contribution < -0.4 is 15.0 Å². The Morgan fingerprint density at radius 3 is 2.39 bits per heavy atom. The van der Waals surface area contributed by atoms with Crippen molar-refractivity contribution in [1.29, 1.82) is 0 Å². The first-order chi connectivity index (χ1) is 13.3. The molecule has 1 heterocycles. The summed E-state index contributed by atoms with van der Waals surface area (Å²) in [6.45, 7) is 3.73. The molecule has 3 rings (SSSR count). The third-order valence-electron chi connectivity index (χ3n) is 3.84. The first-order valence-corrected chi connectivity index (χ1v) is 8.81. The minimum absolute atomic E-state index is 0.0150. The van der Waals surface area contributed by atoms with Crippen LogP contribution in [0.3, 0.4) is 0 Å². The molecule has 0 radical (unpaired) electrons. The van der Waals surface area contributed by atoms with Crippen molar-refractivity contribution in [3.8, 4) is 11.5 Å². The molecule has 0 aromatic heterocycles. The minimum atomic E-state index is -0.864. The largest absolute Gasteiger partial charge is 0.508 e. The lowest BCUT2D eigenvalue weighted by Crippen LogP contribution is -2.54. The molecule has 7 nitrogen and oxygen atoms in total. The quantitative estimate of drug-likeness (QED) is 0.605. The molecule has 1 saturated heterocycles. The molecule has 0 aliphatic carbocycles. The number of nitrogens with zero attached hydrogens (tertiary/aromatic N) is 1. The number of nitrogens with one attached hydrogen (secondary N) is 1. The average molecular weight is 401 g/mol. The number of carbonyl (C=O) groups excluding carboxylic acids is 3. The number of benzene rings is 2. The van der Waals surface area contributed by atoms with Crippen molar-refractivity contribution in [3.63, 3.8) is 0 Å². The Labute approximate surface area is 166 Å². The summed E-state index contributed by atoms with van der Waals surface area (Å²) in [7, 11) is 0. The Kier molecular flexibility index (Phi) is 5.37. The fourth-order valence-corrected chi connectivity index (χ4v) is 2.85. The number of aromatic hydroxyl groups is 1.